The molecule has 0 bridgehead atoms. The maximum atomic E-state index is 14.7. The fourth-order valence-corrected chi connectivity index (χ4v) is 5.19. The number of ether oxygens (including phenoxy) is 1. The molecule has 6 heterocycles. The highest BCUT2D eigenvalue weighted by atomic mass is 19.1. The van der Waals surface area contributed by atoms with Gasteiger partial charge in [-0.1, -0.05) is 0 Å². The first-order valence-corrected chi connectivity index (χ1v) is 13.2. The zero-order valence-corrected chi connectivity index (χ0v) is 21.6. The highest BCUT2D eigenvalue weighted by molar-refractivity contribution is 5.97. The zero-order chi connectivity index (χ0) is 27.1. The van der Waals surface area contributed by atoms with Gasteiger partial charge < -0.3 is 15.5 Å². The lowest BCUT2D eigenvalue weighted by atomic mass is 10.1. The van der Waals surface area contributed by atoms with Crippen molar-refractivity contribution in [2.45, 2.75) is 12.8 Å². The van der Waals surface area contributed by atoms with E-state index in [-0.39, 0.29) is 0 Å². The van der Waals surface area contributed by atoms with Crippen molar-refractivity contribution in [2.24, 2.45) is 0 Å². The van der Waals surface area contributed by atoms with Gasteiger partial charge in [0.1, 0.15) is 29.4 Å². The number of nitrogen functional groups attached to an aromatic ring is 1. The number of hydrogen-bond acceptors (Lipinski definition) is 8. The summed E-state index contributed by atoms with van der Waals surface area (Å²) < 4.78 is 20.6. The Morgan fingerprint density at radius 3 is 2.73 bits per heavy atom. The third kappa shape index (κ3) is 4.60. The molecule has 5 aromatic heterocycles. The summed E-state index contributed by atoms with van der Waals surface area (Å²) in [6.45, 7) is 3.51. The molecule has 7 rings (SSSR count). The number of anilines is 1. The predicted molar refractivity (Wildman–Crippen MR) is 151 cm³/mol. The van der Waals surface area contributed by atoms with Gasteiger partial charge in [-0.25, -0.2) is 9.37 Å². The number of aromatic nitrogens is 7. The molecular formula is C29H26FN9O. The van der Waals surface area contributed by atoms with Crippen LogP contribution in [-0.4, -0.2) is 66.3 Å². The van der Waals surface area contributed by atoms with Gasteiger partial charge in [0.2, 0.25) is 0 Å². The van der Waals surface area contributed by atoms with Crippen LogP contribution >= 0.6 is 0 Å². The number of halogens is 1. The largest absolute Gasteiger partial charge is 0.492 e. The normalized spacial score (nSPS) is 13.9. The molecule has 0 saturated carbocycles. The number of benzene rings is 1. The molecule has 1 aliphatic heterocycles. The van der Waals surface area contributed by atoms with Crippen LogP contribution in [0.3, 0.4) is 0 Å². The van der Waals surface area contributed by atoms with E-state index in [4.69, 9.17) is 15.5 Å². The van der Waals surface area contributed by atoms with E-state index in [1.54, 1.807) is 24.8 Å². The third-order valence-electron chi connectivity index (χ3n) is 7.15. The molecule has 40 heavy (non-hydrogen) atoms. The number of hydrogen-bond donors (Lipinski definition) is 3. The van der Waals surface area contributed by atoms with E-state index in [0.717, 1.165) is 41.6 Å². The summed E-state index contributed by atoms with van der Waals surface area (Å²) in [6, 6.07) is 10.2. The van der Waals surface area contributed by atoms with Crippen LogP contribution in [-0.2, 0) is 0 Å². The number of H-pyrrole nitrogens is 2. The highest BCUT2D eigenvalue weighted by Gasteiger charge is 2.18. The number of nitrogens with zero attached hydrogens (tertiary/aromatic N) is 6. The van der Waals surface area contributed by atoms with Gasteiger partial charge >= 0.3 is 0 Å². The number of pyridine rings is 3. The number of fused-ring (bicyclic) bond motifs is 2. The highest BCUT2D eigenvalue weighted by Crippen LogP contribution is 2.33. The van der Waals surface area contributed by atoms with Crippen molar-refractivity contribution in [1.82, 2.24) is 40.0 Å². The molecule has 10 nitrogen and oxygen atoms in total. The molecule has 0 atom stereocenters. The summed E-state index contributed by atoms with van der Waals surface area (Å²) >= 11 is 0. The smallest absolute Gasteiger partial charge is 0.159 e. The lowest BCUT2D eigenvalue weighted by Crippen LogP contribution is -2.25. The number of nitrogens with one attached hydrogen (secondary N) is 2. The molecule has 1 aliphatic rings. The van der Waals surface area contributed by atoms with E-state index in [1.165, 1.54) is 25.0 Å². The Labute approximate surface area is 228 Å². The Kier molecular flexibility index (Phi) is 6.05. The van der Waals surface area contributed by atoms with E-state index in [0.29, 0.717) is 52.0 Å². The maximum absolute atomic E-state index is 14.7. The van der Waals surface area contributed by atoms with E-state index >= 15 is 0 Å². The van der Waals surface area contributed by atoms with E-state index < -0.39 is 5.82 Å². The molecule has 6 aromatic rings. The van der Waals surface area contributed by atoms with E-state index in [1.807, 2.05) is 24.3 Å². The SMILES string of the molecule is Nc1cncc(-c2cc3c(-c4nc5c(-c6cc(F)cc(OCCN7CCCC7)c6)nccc5[nH]4)n[nH]c3cn2)c1. The van der Waals surface area contributed by atoms with Crippen LogP contribution < -0.4 is 10.5 Å². The number of imidazole rings is 1. The lowest BCUT2D eigenvalue weighted by Gasteiger charge is -2.15. The van der Waals surface area contributed by atoms with Crippen molar-refractivity contribution in [3.63, 3.8) is 0 Å². The molecule has 0 aliphatic carbocycles. The minimum absolute atomic E-state index is 0.391. The Morgan fingerprint density at radius 2 is 1.85 bits per heavy atom. The average molecular weight is 536 g/mol. The second kappa shape index (κ2) is 10.0. The van der Waals surface area contributed by atoms with Crippen LogP contribution in [0.25, 0.3) is 56.0 Å². The molecule has 0 amide bonds. The van der Waals surface area contributed by atoms with Gasteiger partial charge in [-0.05, 0) is 56.3 Å². The average Bonchev–Trinajstić information content (AvgIpc) is 3.72. The fourth-order valence-electron chi connectivity index (χ4n) is 5.19. The monoisotopic (exact) mass is 535 g/mol. The summed E-state index contributed by atoms with van der Waals surface area (Å²) in [7, 11) is 0. The quantitative estimate of drug-likeness (QED) is 0.265. The van der Waals surface area contributed by atoms with Crippen LogP contribution in [0.1, 0.15) is 12.8 Å². The van der Waals surface area contributed by atoms with Crippen LogP contribution in [0.4, 0.5) is 10.1 Å². The molecule has 1 aromatic carbocycles. The lowest BCUT2D eigenvalue weighted by molar-refractivity contribution is 0.237. The molecule has 1 saturated heterocycles. The first-order chi connectivity index (χ1) is 19.6. The van der Waals surface area contributed by atoms with Gasteiger partial charge in [-0.15, -0.1) is 0 Å². The zero-order valence-electron chi connectivity index (χ0n) is 21.6. The number of aromatic amines is 2. The molecule has 200 valence electrons. The summed E-state index contributed by atoms with van der Waals surface area (Å²) in [5.41, 5.74) is 11.9. The van der Waals surface area contributed by atoms with Gasteiger partial charge in [-0.2, -0.15) is 5.10 Å². The van der Waals surface area contributed by atoms with Crippen molar-refractivity contribution in [1.29, 1.82) is 0 Å². The molecular weight excluding hydrogens is 509 g/mol. The second-order valence-corrected chi connectivity index (χ2v) is 9.91. The van der Waals surface area contributed by atoms with Crippen LogP contribution in [0, 0.1) is 5.82 Å². The standard InChI is InChI=1S/C29H26FN9O/c30-19-9-17(11-21(12-19)40-8-7-39-5-1-2-6-39)26-28-23(3-4-33-26)35-29(36-28)27-22-13-24(34-16-25(22)37-38-27)18-10-20(31)15-32-14-18/h3-4,9-16H,1-2,5-8,31H2,(H,35,36)(H,37,38). The first kappa shape index (κ1) is 24.2. The van der Waals surface area contributed by atoms with Crippen molar-refractivity contribution in [2.75, 3.05) is 32.0 Å². The Morgan fingerprint density at radius 1 is 0.950 bits per heavy atom. The predicted octanol–water partition coefficient (Wildman–Crippen LogP) is 4.82. The second-order valence-electron chi connectivity index (χ2n) is 9.91. The minimum Gasteiger partial charge on any atom is -0.492 e. The Bertz CT molecular complexity index is 1840. The number of nitrogens with two attached hydrogens (primary N) is 1. The summed E-state index contributed by atoms with van der Waals surface area (Å²) in [6.07, 6.45) is 9.14. The van der Waals surface area contributed by atoms with Gasteiger partial charge in [0, 0.05) is 47.7 Å². The van der Waals surface area contributed by atoms with E-state index in [9.17, 15) is 4.39 Å². The van der Waals surface area contributed by atoms with Gasteiger partial charge in [0.25, 0.3) is 0 Å². The third-order valence-corrected chi connectivity index (χ3v) is 7.15. The van der Waals surface area contributed by atoms with Crippen LogP contribution in [0.2, 0.25) is 0 Å². The molecule has 0 spiro atoms. The van der Waals surface area contributed by atoms with Crippen molar-refractivity contribution < 1.29 is 9.13 Å². The van der Waals surface area contributed by atoms with Gasteiger partial charge in [0.05, 0.1) is 34.3 Å². The van der Waals surface area contributed by atoms with Crippen molar-refractivity contribution in [3.05, 3.63) is 67.0 Å². The van der Waals surface area contributed by atoms with Crippen molar-refractivity contribution >= 4 is 27.6 Å². The Balaban J connectivity index is 1.23. The fraction of sp³-hybridized carbons (Fsp3) is 0.207. The number of likely N-dealkylation sites (tertiary alicyclic amines) is 1. The van der Waals surface area contributed by atoms with Crippen LogP contribution in [0.15, 0.2) is 61.2 Å². The van der Waals surface area contributed by atoms with Crippen LogP contribution in [0.5, 0.6) is 5.75 Å². The van der Waals surface area contributed by atoms with Crippen molar-refractivity contribution in [3.8, 4) is 39.8 Å². The molecule has 4 N–H and O–H groups in total. The molecule has 0 radical (unpaired) electrons. The topological polar surface area (TPSA) is 135 Å². The Hall–Kier alpha value is -4.90. The number of rotatable bonds is 7. The molecule has 11 heteroatoms. The first-order valence-electron chi connectivity index (χ1n) is 13.2. The minimum atomic E-state index is -0.391. The van der Waals surface area contributed by atoms with Gasteiger partial charge in [0.15, 0.2) is 5.82 Å². The van der Waals surface area contributed by atoms with E-state index in [2.05, 4.69) is 35.0 Å². The molecule has 0 unspecified atom stereocenters. The summed E-state index contributed by atoms with van der Waals surface area (Å²) in [4.78, 5) is 23.8. The van der Waals surface area contributed by atoms with Gasteiger partial charge in [-0.3, -0.25) is 25.0 Å². The summed E-state index contributed by atoms with van der Waals surface area (Å²) in [5, 5.41) is 8.36. The summed E-state index contributed by atoms with van der Waals surface area (Å²) in [5.74, 6) is 0.632. The molecule has 1 fully saturated rings. The maximum Gasteiger partial charge on any atom is 0.159 e.